The number of amides is 4. The molecule has 1 aromatic carbocycles. The first-order valence-corrected chi connectivity index (χ1v) is 23.3. The summed E-state index contributed by atoms with van der Waals surface area (Å²) in [6, 6.07) is 3.54. The number of hydrogen-bond acceptors (Lipinski definition) is 12. The number of pyridine rings is 1. The zero-order valence-electron chi connectivity index (χ0n) is 38.5. The predicted octanol–water partition coefficient (Wildman–Crippen LogP) is 7.23. The van der Waals surface area contributed by atoms with Gasteiger partial charge in [-0.1, -0.05) is 46.8 Å². The summed E-state index contributed by atoms with van der Waals surface area (Å²) >= 11 is 0. The van der Waals surface area contributed by atoms with Crippen molar-refractivity contribution < 1.29 is 68.7 Å². The summed E-state index contributed by atoms with van der Waals surface area (Å²) in [5.74, 6) is -2.27. The van der Waals surface area contributed by atoms with E-state index in [1.165, 1.54) is 27.2 Å². The Balaban J connectivity index is 0.00000312. The maximum Gasteiger partial charge on any atom is 0.427 e. The number of aromatic nitrogens is 1. The number of rotatable bonds is 10. The summed E-state index contributed by atoms with van der Waals surface area (Å²) in [5.41, 5.74) is -4.18. The van der Waals surface area contributed by atoms with E-state index in [1.54, 1.807) is 44.2 Å². The maximum atomic E-state index is 14.9. The zero-order chi connectivity index (χ0) is 48.0. The zero-order valence-corrected chi connectivity index (χ0v) is 39.3. The first-order chi connectivity index (χ1) is 30.1. The van der Waals surface area contributed by atoms with E-state index in [4.69, 9.17) is 23.7 Å². The normalized spacial score (nSPS) is 27.2. The fourth-order valence-electron chi connectivity index (χ4n) is 7.41. The van der Waals surface area contributed by atoms with E-state index in [0.29, 0.717) is 56.2 Å². The third-order valence-corrected chi connectivity index (χ3v) is 13.9. The smallest absolute Gasteiger partial charge is 0.427 e. The van der Waals surface area contributed by atoms with Crippen LogP contribution < -0.4 is 29.6 Å². The number of alkyl halides is 3. The van der Waals surface area contributed by atoms with Crippen LogP contribution in [0.3, 0.4) is 0 Å². The highest BCUT2D eigenvalue weighted by Gasteiger charge is 2.63. The second-order valence-corrected chi connectivity index (χ2v) is 18.8. The number of ether oxygens (including phenoxy) is 5. The van der Waals surface area contributed by atoms with Crippen molar-refractivity contribution in [1.82, 2.24) is 25.2 Å². The van der Waals surface area contributed by atoms with Gasteiger partial charge in [0.1, 0.15) is 35.2 Å². The average molecular weight is 934 g/mol. The van der Waals surface area contributed by atoms with E-state index < -0.39 is 92.2 Å². The average Bonchev–Trinajstić information content (AvgIpc) is 4.13. The van der Waals surface area contributed by atoms with E-state index >= 15 is 0 Å². The number of carbonyl (C=O) groups is 4. The Morgan fingerprint density at radius 1 is 1.08 bits per heavy atom. The molecule has 7 atom stereocenters. The lowest BCUT2D eigenvalue weighted by molar-refractivity contribution is -0.244. The van der Waals surface area contributed by atoms with Gasteiger partial charge in [-0.25, -0.2) is 18.2 Å². The van der Waals surface area contributed by atoms with E-state index in [1.807, 2.05) is 27.7 Å². The van der Waals surface area contributed by atoms with Crippen molar-refractivity contribution in [3.8, 4) is 17.4 Å². The molecule has 4 amide bonds. The van der Waals surface area contributed by atoms with Crippen LogP contribution in [0.5, 0.6) is 17.4 Å². The van der Waals surface area contributed by atoms with Crippen LogP contribution in [0.15, 0.2) is 36.4 Å². The van der Waals surface area contributed by atoms with Gasteiger partial charge in [0.25, 0.3) is 5.91 Å². The molecule has 3 N–H and O–H groups in total. The fourth-order valence-corrected chi connectivity index (χ4v) is 8.72. The standard InChI is InChI=1S/C40H52F3N5O11S.2C2H6.3H2/c1-8-29-32(45-36(52)59-37(3,4)40(41,42)43)34(50)48-21-25(58-30-19-31(56-7)44-27-17-24(55-6)13-14-26(27)30)18-28(48)33(49)46-39(20-23(39)12-10-9-11-22(2)57-29)35(51)47-60(53,54)38(5)15-16-38;2*1-2;;;/h10,12-14,17,19,22-23,25,28-29,32H,8-9,11,15-16,18,20-21H2,1-7H3,(H,45,52)(H,46,49)(H,47,51);2*1-2H3;3*1H/b12-10-;;;;;/t22-,23-,25-,28+,29+,32+,39-;;;;;/m1...../s1. The fraction of sp³-hybridized carbons (Fsp3) is 0.659. The number of benzene rings is 1. The van der Waals surface area contributed by atoms with Crippen molar-refractivity contribution in [2.75, 3.05) is 20.8 Å². The highest BCUT2D eigenvalue weighted by Crippen LogP contribution is 2.48. The van der Waals surface area contributed by atoms with E-state index in [-0.39, 0.29) is 41.7 Å². The van der Waals surface area contributed by atoms with Crippen molar-refractivity contribution >= 4 is 44.7 Å². The van der Waals surface area contributed by atoms with Gasteiger partial charge in [0.05, 0.1) is 43.2 Å². The molecule has 3 fully saturated rings. The van der Waals surface area contributed by atoms with E-state index in [0.717, 1.165) is 4.90 Å². The number of fused-ring (bicyclic) bond motifs is 3. The number of sulfonamides is 1. The summed E-state index contributed by atoms with van der Waals surface area (Å²) in [6.45, 7) is 14.0. The number of nitrogens with one attached hydrogen (secondary N) is 3. The van der Waals surface area contributed by atoms with Gasteiger partial charge < -0.3 is 39.2 Å². The predicted molar refractivity (Wildman–Crippen MR) is 239 cm³/mol. The quantitative estimate of drug-likeness (QED) is 0.202. The lowest BCUT2D eigenvalue weighted by Crippen LogP contribution is -2.61. The van der Waals surface area contributed by atoms with Crippen molar-refractivity contribution in [1.29, 1.82) is 0 Å². The number of allylic oxidation sites excluding steroid dienone is 1. The Bertz CT molecular complexity index is 2160. The van der Waals surface area contributed by atoms with Gasteiger partial charge in [-0.15, -0.1) is 0 Å². The molecule has 0 spiro atoms. The number of methoxy groups -OCH3 is 2. The molecule has 0 bridgehead atoms. The van der Waals surface area contributed by atoms with Crippen molar-refractivity contribution in [2.24, 2.45) is 5.92 Å². The largest absolute Gasteiger partial charge is 0.497 e. The molecule has 1 saturated heterocycles. The molecule has 20 heteroatoms. The van der Waals surface area contributed by atoms with Gasteiger partial charge in [0, 0.05) is 34.1 Å². The molecule has 2 aromatic rings. The molecule has 2 aliphatic heterocycles. The maximum absolute atomic E-state index is 14.9. The Morgan fingerprint density at radius 3 is 2.34 bits per heavy atom. The summed E-state index contributed by atoms with van der Waals surface area (Å²) < 4.78 is 97.2. The van der Waals surface area contributed by atoms with Gasteiger partial charge in [-0.3, -0.25) is 19.1 Å². The number of halogens is 3. The van der Waals surface area contributed by atoms with Crippen LogP contribution in [-0.4, -0.2) is 115 Å². The van der Waals surface area contributed by atoms with Crippen LogP contribution in [0.4, 0.5) is 18.0 Å². The number of carbonyl (C=O) groups excluding carboxylic acids is 4. The molecular weight excluding hydrogens is 864 g/mol. The molecule has 0 radical (unpaired) electrons. The summed E-state index contributed by atoms with van der Waals surface area (Å²) in [6.07, 6.45) is -4.01. The Labute approximate surface area is 378 Å². The Hall–Kier alpha value is -4.85. The highest BCUT2D eigenvalue weighted by atomic mass is 32.2. The lowest BCUT2D eigenvalue weighted by atomic mass is 10.0. The third-order valence-electron chi connectivity index (χ3n) is 11.8. The highest BCUT2D eigenvalue weighted by molar-refractivity contribution is 7.91. The van der Waals surface area contributed by atoms with Gasteiger partial charge in [0.15, 0.2) is 0 Å². The molecule has 2 saturated carbocycles. The molecule has 16 nitrogen and oxygen atoms in total. The molecule has 1 aromatic heterocycles. The van der Waals surface area contributed by atoms with Crippen LogP contribution in [0, 0.1) is 5.92 Å². The Morgan fingerprint density at radius 2 is 1.75 bits per heavy atom. The minimum absolute atomic E-state index is 0. The van der Waals surface area contributed by atoms with Crippen LogP contribution in [0.25, 0.3) is 10.9 Å². The number of nitrogens with zero attached hydrogens (tertiary/aromatic N) is 2. The topological polar surface area (TPSA) is 201 Å². The molecule has 3 heterocycles. The van der Waals surface area contributed by atoms with Crippen LogP contribution in [0.2, 0.25) is 0 Å². The summed E-state index contributed by atoms with van der Waals surface area (Å²) in [7, 11) is -1.20. The molecule has 4 aliphatic rings. The second-order valence-electron chi connectivity index (χ2n) is 16.6. The summed E-state index contributed by atoms with van der Waals surface area (Å²) in [5, 5.41) is 5.62. The monoisotopic (exact) mass is 933 g/mol. The van der Waals surface area contributed by atoms with Crippen LogP contribution >= 0.6 is 0 Å². The van der Waals surface area contributed by atoms with Crippen molar-refractivity contribution in [3.63, 3.8) is 0 Å². The first kappa shape index (κ1) is 51.8. The molecule has 364 valence electrons. The second kappa shape index (κ2) is 20.5. The SMILES string of the molecule is CC.CC.CC[C@@H]1O[C@H](C)CC/C=C\[C@@H]2C[C@@]2(C(=O)NS(=O)(=O)C2(C)CC2)NC(=O)[C@@H]2C[C@@H](Oc3cc(OC)nc4cc(OC)ccc34)CN2C(=O)[C@H]1NC(=O)OC(C)(C)C(F)(F)F.[HH].[HH].[HH]. The van der Waals surface area contributed by atoms with E-state index in [9.17, 15) is 40.8 Å². The van der Waals surface area contributed by atoms with E-state index in [2.05, 4.69) is 20.3 Å². The third kappa shape index (κ3) is 11.3. The first-order valence-electron chi connectivity index (χ1n) is 21.8. The van der Waals surface area contributed by atoms with Crippen molar-refractivity contribution in [3.05, 3.63) is 36.4 Å². The van der Waals surface area contributed by atoms with Crippen LogP contribution in [-0.2, 0) is 33.9 Å². The van der Waals surface area contributed by atoms with Crippen LogP contribution in [0.1, 0.15) is 112 Å². The number of alkyl carbamates (subject to hydrolysis) is 1. The van der Waals surface area contributed by atoms with Crippen molar-refractivity contribution in [2.45, 2.75) is 160 Å². The molecular formula is C44H70F3N5O11S. The molecule has 2 aliphatic carbocycles. The van der Waals surface area contributed by atoms with Gasteiger partial charge in [0.2, 0.25) is 33.3 Å². The van der Waals surface area contributed by atoms with Gasteiger partial charge >= 0.3 is 12.3 Å². The molecule has 6 rings (SSSR count). The number of hydrogen-bond donors (Lipinski definition) is 3. The van der Waals surface area contributed by atoms with Gasteiger partial charge in [-0.05, 0) is 78.4 Å². The minimum atomic E-state index is -4.95. The molecule has 0 unspecified atom stereocenters. The minimum Gasteiger partial charge on any atom is -0.497 e. The Kier molecular flexibility index (Phi) is 16.6. The van der Waals surface area contributed by atoms with Gasteiger partial charge in [-0.2, -0.15) is 13.2 Å². The lowest BCUT2D eigenvalue weighted by Gasteiger charge is -2.35. The molecule has 64 heavy (non-hydrogen) atoms. The summed E-state index contributed by atoms with van der Waals surface area (Å²) in [4.78, 5) is 62.2.